The number of rotatable bonds is 6. The quantitative estimate of drug-likeness (QED) is 0.798. The van der Waals surface area contributed by atoms with Crippen LogP contribution in [-0.2, 0) is 9.84 Å². The highest BCUT2D eigenvalue weighted by Gasteiger charge is 2.17. The molecule has 0 aliphatic heterocycles. The normalized spacial score (nSPS) is 11.7. The van der Waals surface area contributed by atoms with Gasteiger partial charge in [-0.2, -0.15) is 0 Å². The predicted molar refractivity (Wildman–Crippen MR) is 89.9 cm³/mol. The molecule has 0 amide bonds. The molecular weight excluding hydrogens is 312 g/mol. The van der Waals surface area contributed by atoms with Gasteiger partial charge in [0.2, 0.25) is 9.84 Å². The first-order chi connectivity index (χ1) is 10.8. The lowest BCUT2D eigenvalue weighted by Gasteiger charge is -2.11. The largest absolute Gasteiger partial charge is 0.491 e. The van der Waals surface area contributed by atoms with Crippen molar-refractivity contribution in [3.63, 3.8) is 0 Å². The number of sulfone groups is 1. The first kappa shape index (κ1) is 17.3. The Morgan fingerprint density at radius 3 is 1.22 bits per heavy atom. The van der Waals surface area contributed by atoms with Crippen LogP contribution in [-0.4, -0.2) is 20.6 Å². The summed E-state index contributed by atoms with van der Waals surface area (Å²) >= 11 is 0. The van der Waals surface area contributed by atoms with Gasteiger partial charge in [0.1, 0.15) is 11.5 Å². The molecule has 124 valence electrons. The maximum absolute atomic E-state index is 12.6. The van der Waals surface area contributed by atoms with Crippen molar-refractivity contribution >= 4 is 9.84 Å². The van der Waals surface area contributed by atoms with Crippen molar-refractivity contribution in [1.82, 2.24) is 0 Å². The molecule has 2 rings (SSSR count). The minimum atomic E-state index is -3.54. The first-order valence-electron chi connectivity index (χ1n) is 7.57. The van der Waals surface area contributed by atoms with Gasteiger partial charge in [-0.05, 0) is 76.2 Å². The summed E-state index contributed by atoms with van der Waals surface area (Å²) in [5.74, 6) is 1.30. The molecule has 0 aliphatic carbocycles. The van der Waals surface area contributed by atoms with Crippen LogP contribution >= 0.6 is 0 Å². The van der Waals surface area contributed by atoms with Gasteiger partial charge in [0.15, 0.2) is 0 Å². The Morgan fingerprint density at radius 1 is 0.652 bits per heavy atom. The Balaban J connectivity index is 2.23. The van der Waals surface area contributed by atoms with E-state index in [0.29, 0.717) is 11.5 Å². The van der Waals surface area contributed by atoms with E-state index >= 15 is 0 Å². The maximum atomic E-state index is 12.6. The van der Waals surface area contributed by atoms with E-state index in [1.165, 1.54) is 0 Å². The summed E-state index contributed by atoms with van der Waals surface area (Å²) in [5.41, 5.74) is 0. The summed E-state index contributed by atoms with van der Waals surface area (Å²) in [5, 5.41) is 0. The minimum Gasteiger partial charge on any atom is -0.491 e. The third-order valence-electron chi connectivity index (χ3n) is 3.01. The van der Waals surface area contributed by atoms with Crippen molar-refractivity contribution in [2.45, 2.75) is 49.7 Å². The standard InChI is InChI=1S/C18H22O4S/c1-13(2)21-15-5-9-17(10-6-15)23(19,20)18-11-7-16(8-12-18)22-14(3)4/h5-14H,1-4H3. The van der Waals surface area contributed by atoms with Gasteiger partial charge in [-0.3, -0.25) is 0 Å². The number of hydrogen-bond donors (Lipinski definition) is 0. The van der Waals surface area contributed by atoms with Crippen LogP contribution in [0.1, 0.15) is 27.7 Å². The highest BCUT2D eigenvalue weighted by Crippen LogP contribution is 2.25. The molecule has 0 N–H and O–H groups in total. The van der Waals surface area contributed by atoms with E-state index in [2.05, 4.69) is 0 Å². The Kier molecular flexibility index (Phi) is 5.31. The van der Waals surface area contributed by atoms with Crippen LogP contribution in [0, 0.1) is 0 Å². The van der Waals surface area contributed by atoms with Crippen LogP contribution < -0.4 is 9.47 Å². The molecule has 2 aromatic carbocycles. The highest BCUT2D eigenvalue weighted by atomic mass is 32.2. The minimum absolute atomic E-state index is 0.0472. The van der Waals surface area contributed by atoms with Crippen LogP contribution in [0.5, 0.6) is 11.5 Å². The van der Waals surface area contributed by atoms with Crippen molar-refractivity contribution in [1.29, 1.82) is 0 Å². The van der Waals surface area contributed by atoms with Gasteiger partial charge in [0.05, 0.1) is 22.0 Å². The molecule has 0 fully saturated rings. The van der Waals surface area contributed by atoms with Crippen LogP contribution in [0.4, 0.5) is 0 Å². The summed E-state index contributed by atoms with van der Waals surface area (Å²) in [6.07, 6.45) is 0.0944. The van der Waals surface area contributed by atoms with Gasteiger partial charge in [-0.1, -0.05) is 0 Å². The van der Waals surface area contributed by atoms with E-state index in [9.17, 15) is 8.42 Å². The third kappa shape index (κ3) is 4.48. The molecule has 0 radical (unpaired) electrons. The lowest BCUT2D eigenvalue weighted by atomic mass is 10.3. The van der Waals surface area contributed by atoms with Gasteiger partial charge >= 0.3 is 0 Å². The van der Waals surface area contributed by atoms with E-state index in [4.69, 9.17) is 9.47 Å². The molecule has 0 spiro atoms. The van der Waals surface area contributed by atoms with Gasteiger partial charge < -0.3 is 9.47 Å². The Labute approximate surface area is 138 Å². The summed E-state index contributed by atoms with van der Waals surface area (Å²) in [4.78, 5) is 0.484. The fourth-order valence-corrected chi connectivity index (χ4v) is 3.34. The Bertz CT molecular complexity index is 670. The van der Waals surface area contributed by atoms with Crippen molar-refractivity contribution in [2.75, 3.05) is 0 Å². The molecule has 0 unspecified atom stereocenters. The Morgan fingerprint density at radius 2 is 0.957 bits per heavy atom. The summed E-state index contributed by atoms with van der Waals surface area (Å²) in [6, 6.07) is 12.9. The lowest BCUT2D eigenvalue weighted by molar-refractivity contribution is 0.242. The zero-order valence-corrected chi connectivity index (χ0v) is 14.6. The molecule has 0 saturated carbocycles. The predicted octanol–water partition coefficient (Wildman–Crippen LogP) is 4.09. The summed E-state index contributed by atoms with van der Waals surface area (Å²) < 4.78 is 36.3. The molecule has 0 bridgehead atoms. The molecule has 5 heteroatoms. The average Bonchev–Trinajstić information content (AvgIpc) is 2.47. The molecule has 0 aromatic heterocycles. The smallest absolute Gasteiger partial charge is 0.206 e. The zero-order valence-electron chi connectivity index (χ0n) is 13.8. The molecule has 4 nitrogen and oxygen atoms in total. The second kappa shape index (κ2) is 7.04. The molecular formula is C18H22O4S. The van der Waals surface area contributed by atoms with Crippen molar-refractivity contribution in [3.8, 4) is 11.5 Å². The van der Waals surface area contributed by atoms with E-state index in [0.717, 1.165) is 0 Å². The van der Waals surface area contributed by atoms with Crippen molar-refractivity contribution < 1.29 is 17.9 Å². The number of ether oxygens (including phenoxy) is 2. The van der Waals surface area contributed by atoms with Gasteiger partial charge in [0.25, 0.3) is 0 Å². The zero-order chi connectivity index (χ0) is 17.0. The summed E-state index contributed by atoms with van der Waals surface area (Å²) in [6.45, 7) is 7.69. The molecule has 0 aliphatic rings. The molecule has 23 heavy (non-hydrogen) atoms. The summed E-state index contributed by atoms with van der Waals surface area (Å²) in [7, 11) is -3.54. The van der Waals surface area contributed by atoms with Crippen molar-refractivity contribution in [2.24, 2.45) is 0 Å². The van der Waals surface area contributed by atoms with E-state index < -0.39 is 9.84 Å². The number of benzene rings is 2. The van der Waals surface area contributed by atoms with Crippen LogP contribution in [0.3, 0.4) is 0 Å². The molecule has 0 atom stereocenters. The number of hydrogen-bond acceptors (Lipinski definition) is 4. The van der Waals surface area contributed by atoms with Crippen LogP contribution in [0.2, 0.25) is 0 Å². The average molecular weight is 334 g/mol. The van der Waals surface area contributed by atoms with Gasteiger partial charge in [0, 0.05) is 0 Å². The van der Waals surface area contributed by atoms with Gasteiger partial charge in [-0.15, -0.1) is 0 Å². The SMILES string of the molecule is CC(C)Oc1ccc(S(=O)(=O)c2ccc(OC(C)C)cc2)cc1. The maximum Gasteiger partial charge on any atom is 0.206 e. The lowest BCUT2D eigenvalue weighted by Crippen LogP contribution is -2.07. The Hall–Kier alpha value is -2.01. The van der Waals surface area contributed by atoms with Gasteiger partial charge in [-0.25, -0.2) is 8.42 Å². The fraction of sp³-hybridized carbons (Fsp3) is 0.333. The monoisotopic (exact) mass is 334 g/mol. The molecule has 2 aromatic rings. The first-order valence-corrected chi connectivity index (χ1v) is 9.06. The van der Waals surface area contributed by atoms with E-state index in [1.807, 2.05) is 27.7 Å². The van der Waals surface area contributed by atoms with E-state index in [1.54, 1.807) is 48.5 Å². The fourth-order valence-electron chi connectivity index (χ4n) is 2.08. The second-order valence-electron chi connectivity index (χ2n) is 5.78. The third-order valence-corrected chi connectivity index (χ3v) is 4.80. The van der Waals surface area contributed by atoms with Crippen LogP contribution in [0.15, 0.2) is 58.3 Å². The highest BCUT2D eigenvalue weighted by molar-refractivity contribution is 7.91. The topological polar surface area (TPSA) is 52.6 Å². The van der Waals surface area contributed by atoms with Crippen LogP contribution in [0.25, 0.3) is 0 Å². The molecule has 0 saturated heterocycles. The second-order valence-corrected chi connectivity index (χ2v) is 7.73. The van der Waals surface area contributed by atoms with E-state index in [-0.39, 0.29) is 22.0 Å². The van der Waals surface area contributed by atoms with Crippen molar-refractivity contribution in [3.05, 3.63) is 48.5 Å². The molecule has 0 heterocycles.